The molecule has 0 aliphatic heterocycles. The van der Waals surface area contributed by atoms with Gasteiger partial charge in [0.15, 0.2) is 5.82 Å². The van der Waals surface area contributed by atoms with Gasteiger partial charge in [0.05, 0.1) is 18.6 Å². The lowest BCUT2D eigenvalue weighted by Crippen LogP contribution is -2.25. The Labute approximate surface area is 166 Å². The van der Waals surface area contributed by atoms with Gasteiger partial charge in [-0.1, -0.05) is 23.4 Å². The van der Waals surface area contributed by atoms with Crippen LogP contribution in [-0.4, -0.2) is 35.6 Å². The highest BCUT2D eigenvalue weighted by atomic mass is 32.2. The normalized spacial score (nSPS) is 10.6. The first-order valence-electron chi connectivity index (χ1n) is 8.68. The minimum Gasteiger partial charge on any atom is -0.497 e. The van der Waals surface area contributed by atoms with Gasteiger partial charge in [0, 0.05) is 12.6 Å². The number of methoxy groups -OCH3 is 1. The first-order chi connectivity index (χ1) is 13.5. The summed E-state index contributed by atoms with van der Waals surface area (Å²) in [5, 5.41) is 11.3. The van der Waals surface area contributed by atoms with Gasteiger partial charge < -0.3 is 19.9 Å². The number of hydrogen-bond acceptors (Lipinski definition) is 6. The summed E-state index contributed by atoms with van der Waals surface area (Å²) in [7, 11) is 1.64. The van der Waals surface area contributed by atoms with Crippen molar-refractivity contribution in [2.24, 2.45) is 0 Å². The van der Waals surface area contributed by atoms with E-state index in [0.717, 1.165) is 22.1 Å². The summed E-state index contributed by atoms with van der Waals surface area (Å²) >= 11 is 1.24. The van der Waals surface area contributed by atoms with Crippen LogP contribution in [0.25, 0.3) is 10.8 Å². The number of aryl methyl sites for hydroxylation is 1. The molecule has 2 N–H and O–H groups in total. The van der Waals surface area contributed by atoms with Crippen molar-refractivity contribution >= 4 is 40.2 Å². The number of thioether (sulfide) groups is 1. The fraction of sp³-hybridized carbons (Fsp3) is 0.250. The van der Waals surface area contributed by atoms with Gasteiger partial charge in [-0.05, 0) is 41.5 Å². The molecule has 0 aliphatic carbocycles. The Morgan fingerprint density at radius 1 is 1.07 bits per heavy atom. The van der Waals surface area contributed by atoms with Crippen LogP contribution in [0.2, 0.25) is 0 Å². The summed E-state index contributed by atoms with van der Waals surface area (Å²) in [6, 6.07) is 13.5. The summed E-state index contributed by atoms with van der Waals surface area (Å²) in [6.45, 7) is 2.18. The highest BCUT2D eigenvalue weighted by Gasteiger charge is 2.08. The highest BCUT2D eigenvalue weighted by Crippen LogP contribution is 2.21. The molecule has 28 heavy (non-hydrogen) atoms. The molecular weight excluding hydrogens is 378 g/mol. The zero-order valence-corrected chi connectivity index (χ0v) is 16.5. The van der Waals surface area contributed by atoms with E-state index in [2.05, 4.69) is 15.8 Å². The first-order valence-corrected chi connectivity index (χ1v) is 9.83. The Hall–Kier alpha value is -3.00. The molecule has 1 aromatic heterocycles. The minimum atomic E-state index is -0.226. The van der Waals surface area contributed by atoms with Crippen LogP contribution in [0.3, 0.4) is 0 Å². The third-order valence-electron chi connectivity index (χ3n) is 3.96. The molecule has 0 fully saturated rings. The van der Waals surface area contributed by atoms with Crippen molar-refractivity contribution in [2.75, 3.05) is 23.9 Å². The predicted octanol–water partition coefficient (Wildman–Crippen LogP) is 3.13. The molecule has 2 aromatic carbocycles. The molecule has 3 aromatic rings. The Balaban J connectivity index is 1.41. The molecule has 0 unspecified atom stereocenters. The van der Waals surface area contributed by atoms with Gasteiger partial charge >= 0.3 is 0 Å². The van der Waals surface area contributed by atoms with Crippen molar-refractivity contribution in [1.82, 2.24) is 10.5 Å². The molecule has 0 radical (unpaired) electrons. The minimum absolute atomic E-state index is 0.120. The third kappa shape index (κ3) is 5.50. The molecule has 3 rings (SSSR count). The summed E-state index contributed by atoms with van der Waals surface area (Å²) < 4.78 is 10.1. The van der Waals surface area contributed by atoms with Crippen molar-refractivity contribution in [2.45, 2.75) is 13.5 Å². The topological polar surface area (TPSA) is 93.5 Å². The molecule has 0 bridgehead atoms. The van der Waals surface area contributed by atoms with E-state index in [4.69, 9.17) is 9.26 Å². The van der Waals surface area contributed by atoms with Crippen LogP contribution >= 0.6 is 11.8 Å². The first kappa shape index (κ1) is 19.8. The number of ether oxygens (including phenoxy) is 1. The van der Waals surface area contributed by atoms with Crippen LogP contribution in [0.1, 0.15) is 11.3 Å². The summed E-state index contributed by atoms with van der Waals surface area (Å²) in [5.74, 6) is 1.83. The number of nitrogens with zero attached hydrogens (tertiary/aromatic N) is 1. The molecule has 0 spiro atoms. The van der Waals surface area contributed by atoms with Crippen molar-refractivity contribution in [3.8, 4) is 5.75 Å². The molecule has 1 heterocycles. The lowest BCUT2D eigenvalue weighted by molar-refractivity contribution is -0.118. The smallest absolute Gasteiger partial charge is 0.235 e. The van der Waals surface area contributed by atoms with Crippen molar-refractivity contribution in [3.05, 3.63) is 53.8 Å². The number of hydrogen-bond donors (Lipinski definition) is 2. The lowest BCUT2D eigenvalue weighted by Gasteiger charge is -2.08. The summed E-state index contributed by atoms with van der Waals surface area (Å²) in [6.07, 6.45) is 0. The fourth-order valence-corrected chi connectivity index (χ4v) is 3.25. The van der Waals surface area contributed by atoms with Crippen molar-refractivity contribution in [1.29, 1.82) is 0 Å². The van der Waals surface area contributed by atoms with E-state index < -0.39 is 0 Å². The predicted molar refractivity (Wildman–Crippen MR) is 110 cm³/mol. The second-order valence-electron chi connectivity index (χ2n) is 6.19. The Bertz CT molecular complexity index is 986. The van der Waals surface area contributed by atoms with E-state index in [1.165, 1.54) is 11.8 Å². The largest absolute Gasteiger partial charge is 0.497 e. The van der Waals surface area contributed by atoms with Gasteiger partial charge in [-0.15, -0.1) is 11.8 Å². The average molecular weight is 399 g/mol. The number of carbonyl (C=O) groups is 2. The second kappa shape index (κ2) is 9.27. The lowest BCUT2D eigenvalue weighted by atomic mass is 10.1. The molecule has 0 atom stereocenters. The van der Waals surface area contributed by atoms with E-state index in [1.54, 1.807) is 20.1 Å². The highest BCUT2D eigenvalue weighted by molar-refractivity contribution is 8.00. The van der Waals surface area contributed by atoms with Crippen LogP contribution in [0.15, 0.2) is 47.0 Å². The maximum atomic E-state index is 12.0. The number of carbonyl (C=O) groups excluding carboxylic acids is 2. The monoisotopic (exact) mass is 399 g/mol. The standard InChI is InChI=1S/C20H21N3O4S/c1-13-7-18(23-27-13)22-20(25)12-28-11-19(24)21-10-14-3-4-16-9-17(26-2)6-5-15(16)8-14/h3-9H,10-12H2,1-2H3,(H,21,24)(H,22,23,25). The molecule has 7 nitrogen and oxygen atoms in total. The Morgan fingerprint density at radius 2 is 1.82 bits per heavy atom. The number of benzene rings is 2. The van der Waals surface area contributed by atoms with Crippen LogP contribution in [0.4, 0.5) is 5.82 Å². The van der Waals surface area contributed by atoms with Gasteiger partial charge in [-0.3, -0.25) is 9.59 Å². The molecule has 2 amide bonds. The van der Waals surface area contributed by atoms with E-state index in [9.17, 15) is 9.59 Å². The van der Waals surface area contributed by atoms with Crippen molar-refractivity contribution < 1.29 is 18.8 Å². The molecule has 8 heteroatoms. The average Bonchev–Trinajstić information content (AvgIpc) is 3.10. The van der Waals surface area contributed by atoms with Gasteiger partial charge in [0.1, 0.15) is 11.5 Å². The third-order valence-corrected chi connectivity index (χ3v) is 4.90. The number of nitrogens with one attached hydrogen (secondary N) is 2. The Kier molecular flexibility index (Phi) is 6.54. The van der Waals surface area contributed by atoms with Crippen LogP contribution in [0.5, 0.6) is 5.75 Å². The zero-order chi connectivity index (χ0) is 19.9. The van der Waals surface area contributed by atoms with E-state index in [0.29, 0.717) is 18.1 Å². The van der Waals surface area contributed by atoms with Gasteiger partial charge in [-0.2, -0.15) is 0 Å². The summed E-state index contributed by atoms with van der Waals surface area (Å²) in [5.41, 5.74) is 1.01. The Morgan fingerprint density at radius 3 is 2.57 bits per heavy atom. The molecular formula is C20H21N3O4S. The maximum absolute atomic E-state index is 12.0. The molecule has 0 saturated heterocycles. The SMILES string of the molecule is COc1ccc2cc(CNC(=O)CSCC(=O)Nc3cc(C)on3)ccc2c1. The summed E-state index contributed by atoms with van der Waals surface area (Å²) in [4.78, 5) is 23.8. The van der Waals surface area contributed by atoms with E-state index in [1.807, 2.05) is 36.4 Å². The molecule has 146 valence electrons. The zero-order valence-electron chi connectivity index (χ0n) is 15.7. The molecule has 0 saturated carbocycles. The number of fused-ring (bicyclic) bond motifs is 1. The van der Waals surface area contributed by atoms with Gasteiger partial charge in [0.2, 0.25) is 11.8 Å². The van der Waals surface area contributed by atoms with Gasteiger partial charge in [-0.25, -0.2) is 0 Å². The fourth-order valence-electron chi connectivity index (χ4n) is 2.60. The van der Waals surface area contributed by atoms with Gasteiger partial charge in [0.25, 0.3) is 0 Å². The maximum Gasteiger partial charge on any atom is 0.235 e. The molecule has 0 aliphatic rings. The quantitative estimate of drug-likeness (QED) is 0.604. The van der Waals surface area contributed by atoms with E-state index in [-0.39, 0.29) is 23.3 Å². The van der Waals surface area contributed by atoms with Crippen LogP contribution in [-0.2, 0) is 16.1 Å². The second-order valence-corrected chi connectivity index (χ2v) is 7.17. The number of aromatic nitrogens is 1. The number of anilines is 1. The van der Waals surface area contributed by atoms with Crippen molar-refractivity contribution in [3.63, 3.8) is 0 Å². The van der Waals surface area contributed by atoms with Crippen LogP contribution < -0.4 is 15.4 Å². The van der Waals surface area contributed by atoms with Crippen LogP contribution in [0, 0.1) is 6.92 Å². The number of amides is 2. The number of rotatable bonds is 8. The van der Waals surface area contributed by atoms with E-state index >= 15 is 0 Å².